The summed E-state index contributed by atoms with van der Waals surface area (Å²) in [6.07, 6.45) is 30.3. The maximum atomic E-state index is 2.52. The molecule has 8 aliphatic rings. The zero-order valence-electron chi connectivity index (χ0n) is 32.3. The van der Waals surface area contributed by atoms with Crippen LogP contribution in [0.5, 0.6) is 0 Å². The average molecular weight is 623 g/mol. The summed E-state index contributed by atoms with van der Waals surface area (Å²) < 4.78 is 0. The quantitative estimate of drug-likeness (QED) is 0.253. The van der Waals surface area contributed by atoms with E-state index < -0.39 is 0 Å². The first-order valence-electron chi connectivity index (χ1n) is 21.7. The SMILES string of the molecule is CC[C@@H]1CC2CC1[C@@H](CC)C2.CC[C@H]1CC2CC1C[C@@H]2CC.CC[C@H]1CC2CC1C[C@@]2(C)CC.CC[C@H]1CC2CC1[C@@H](CC)C2. The van der Waals surface area contributed by atoms with E-state index in [0.29, 0.717) is 0 Å². The molecule has 0 amide bonds. The standard InChI is InChI=1S/C12H22.3C11H20/c1-4-9-6-11-7-10(9)8-12(11,3)5-2;2*1-3-9-5-8-6-10(4-2)11(9)7-8;1-3-8-5-11-7-10(8)6-9(11)4-2/h9-11H,4-8H2,1-3H3;3*8-11H,3-7H2,1-2H3/t9-,10?,11?,12+;8?,9-,10+,11?;8?,9-,10-,11?;8-,9-,10?,11?/m0.00/s1. The fourth-order valence-corrected chi connectivity index (χ4v) is 14.4. The van der Waals surface area contributed by atoms with Gasteiger partial charge in [-0.05, 0) is 171 Å². The molecule has 0 heteroatoms. The number of hydrogen-bond acceptors (Lipinski definition) is 0. The third-order valence-corrected chi connectivity index (χ3v) is 17.4. The Labute approximate surface area is 284 Å². The molecule has 0 saturated heterocycles. The van der Waals surface area contributed by atoms with E-state index in [0.717, 1.165) is 94.2 Å². The van der Waals surface area contributed by atoms with Gasteiger partial charge in [0.2, 0.25) is 0 Å². The molecule has 0 nitrogen and oxygen atoms in total. The van der Waals surface area contributed by atoms with Gasteiger partial charge in [-0.25, -0.2) is 0 Å². The van der Waals surface area contributed by atoms with Crippen LogP contribution in [0.2, 0.25) is 0 Å². The van der Waals surface area contributed by atoms with E-state index in [9.17, 15) is 0 Å². The molecule has 262 valence electrons. The molecule has 45 heavy (non-hydrogen) atoms. The van der Waals surface area contributed by atoms with Crippen LogP contribution in [-0.4, -0.2) is 0 Å². The second kappa shape index (κ2) is 16.1. The van der Waals surface area contributed by atoms with Gasteiger partial charge in [0.05, 0.1) is 0 Å². The van der Waals surface area contributed by atoms with E-state index in [4.69, 9.17) is 0 Å². The topological polar surface area (TPSA) is 0 Å². The number of hydrogen-bond donors (Lipinski definition) is 0. The summed E-state index contributed by atoms with van der Waals surface area (Å²) >= 11 is 0. The van der Waals surface area contributed by atoms with Crippen LogP contribution in [0.4, 0.5) is 0 Å². The molecular formula is C45H82. The van der Waals surface area contributed by atoms with E-state index in [2.05, 4.69) is 62.3 Å². The van der Waals surface area contributed by atoms with Crippen LogP contribution in [0.25, 0.3) is 0 Å². The van der Waals surface area contributed by atoms with Crippen LogP contribution < -0.4 is 0 Å². The van der Waals surface area contributed by atoms with Crippen molar-refractivity contribution >= 4 is 0 Å². The summed E-state index contributed by atoms with van der Waals surface area (Å²) in [4.78, 5) is 0. The van der Waals surface area contributed by atoms with Gasteiger partial charge in [-0.3, -0.25) is 0 Å². The Hall–Kier alpha value is 0. The summed E-state index contributed by atoms with van der Waals surface area (Å²) in [5, 5.41) is 0. The Morgan fingerprint density at radius 3 is 1.02 bits per heavy atom. The Morgan fingerprint density at radius 1 is 0.378 bits per heavy atom. The van der Waals surface area contributed by atoms with E-state index in [-0.39, 0.29) is 0 Å². The maximum Gasteiger partial charge on any atom is -0.0297 e. The van der Waals surface area contributed by atoms with Crippen molar-refractivity contribution in [3.63, 3.8) is 0 Å². The van der Waals surface area contributed by atoms with Crippen molar-refractivity contribution in [3.05, 3.63) is 0 Å². The van der Waals surface area contributed by atoms with Gasteiger partial charge < -0.3 is 0 Å². The van der Waals surface area contributed by atoms with Crippen molar-refractivity contribution in [2.75, 3.05) is 0 Å². The molecule has 8 saturated carbocycles. The van der Waals surface area contributed by atoms with Crippen LogP contribution >= 0.6 is 0 Å². The summed E-state index contributed by atoms with van der Waals surface area (Å²) in [6, 6.07) is 0. The lowest BCUT2D eigenvalue weighted by molar-refractivity contribution is 0.143. The maximum absolute atomic E-state index is 2.52. The molecule has 0 N–H and O–H groups in total. The van der Waals surface area contributed by atoms with Gasteiger partial charge in [0.25, 0.3) is 0 Å². The zero-order valence-corrected chi connectivity index (χ0v) is 32.3. The second-order valence-electron chi connectivity index (χ2n) is 19.0. The lowest BCUT2D eigenvalue weighted by atomic mass is 9.69. The van der Waals surface area contributed by atoms with Crippen LogP contribution in [-0.2, 0) is 0 Å². The highest BCUT2D eigenvalue weighted by Gasteiger charge is 2.50. The normalized spacial score (nSPS) is 49.4. The minimum Gasteiger partial charge on any atom is -0.0651 e. The average Bonchev–Trinajstić information content (AvgIpc) is 3.94. The van der Waals surface area contributed by atoms with Crippen LogP contribution in [0.1, 0.15) is 191 Å². The molecule has 14 atom stereocenters. The summed E-state index contributed by atoms with van der Waals surface area (Å²) in [6.45, 7) is 21.5. The van der Waals surface area contributed by atoms with Crippen molar-refractivity contribution in [3.8, 4) is 0 Å². The predicted molar refractivity (Wildman–Crippen MR) is 198 cm³/mol. The minimum absolute atomic E-state index is 0.732. The van der Waals surface area contributed by atoms with E-state index in [1.807, 2.05) is 0 Å². The van der Waals surface area contributed by atoms with Crippen molar-refractivity contribution < 1.29 is 0 Å². The first-order valence-corrected chi connectivity index (χ1v) is 21.7. The third-order valence-electron chi connectivity index (χ3n) is 17.4. The Balaban J connectivity index is 0.000000119. The van der Waals surface area contributed by atoms with Crippen molar-refractivity contribution in [2.24, 2.45) is 94.2 Å². The highest BCUT2D eigenvalue weighted by atomic mass is 14.6. The monoisotopic (exact) mass is 623 g/mol. The van der Waals surface area contributed by atoms with Crippen LogP contribution in [0.15, 0.2) is 0 Å². The molecule has 0 radical (unpaired) electrons. The molecule has 0 aromatic carbocycles. The molecule has 0 aromatic heterocycles. The molecule has 0 aliphatic heterocycles. The van der Waals surface area contributed by atoms with Crippen molar-refractivity contribution in [1.82, 2.24) is 0 Å². The van der Waals surface area contributed by atoms with Gasteiger partial charge >= 0.3 is 0 Å². The van der Waals surface area contributed by atoms with Gasteiger partial charge in [-0.2, -0.15) is 0 Å². The van der Waals surface area contributed by atoms with E-state index in [1.54, 1.807) is 70.6 Å². The lowest BCUT2D eigenvalue weighted by Gasteiger charge is -2.36. The fourth-order valence-electron chi connectivity index (χ4n) is 14.4. The van der Waals surface area contributed by atoms with Gasteiger partial charge in [0.1, 0.15) is 0 Å². The van der Waals surface area contributed by atoms with E-state index >= 15 is 0 Å². The Kier molecular flexibility index (Phi) is 13.0. The first-order chi connectivity index (χ1) is 21.7. The summed E-state index contributed by atoms with van der Waals surface area (Å²) in [5.41, 5.74) is 0.732. The molecule has 0 heterocycles. The largest absolute Gasteiger partial charge is 0.0651 e. The van der Waals surface area contributed by atoms with Gasteiger partial charge in [-0.15, -0.1) is 0 Å². The Bertz CT molecular complexity index is 795. The van der Waals surface area contributed by atoms with Crippen LogP contribution in [0.3, 0.4) is 0 Å². The van der Waals surface area contributed by atoms with Crippen molar-refractivity contribution in [2.45, 2.75) is 191 Å². The lowest BCUT2D eigenvalue weighted by Crippen LogP contribution is -2.26. The minimum atomic E-state index is 0.732. The molecular weight excluding hydrogens is 540 g/mol. The first kappa shape index (κ1) is 36.3. The molecule has 8 bridgehead atoms. The molecule has 6 unspecified atom stereocenters. The van der Waals surface area contributed by atoms with Crippen LogP contribution in [0, 0.1) is 94.2 Å². The number of fused-ring (bicyclic) bond motifs is 8. The fraction of sp³-hybridized carbons (Fsp3) is 1.00. The molecule has 0 spiro atoms. The summed E-state index contributed by atoms with van der Waals surface area (Å²) in [5.74, 6) is 16.7. The molecule has 8 aliphatic carbocycles. The smallest absolute Gasteiger partial charge is 0.0297 e. The zero-order chi connectivity index (χ0) is 32.3. The molecule has 8 rings (SSSR count). The van der Waals surface area contributed by atoms with Gasteiger partial charge in [-0.1, -0.05) is 114 Å². The highest BCUT2D eigenvalue weighted by Crippen LogP contribution is 2.60. The molecule has 8 fully saturated rings. The van der Waals surface area contributed by atoms with Gasteiger partial charge in [0, 0.05) is 0 Å². The van der Waals surface area contributed by atoms with Crippen molar-refractivity contribution in [1.29, 1.82) is 0 Å². The molecule has 0 aromatic rings. The number of rotatable bonds is 8. The highest BCUT2D eigenvalue weighted by molar-refractivity contribution is 5.01. The van der Waals surface area contributed by atoms with Gasteiger partial charge in [0.15, 0.2) is 0 Å². The summed E-state index contributed by atoms with van der Waals surface area (Å²) in [7, 11) is 0. The second-order valence-corrected chi connectivity index (χ2v) is 19.0. The third kappa shape index (κ3) is 7.76. The van der Waals surface area contributed by atoms with E-state index in [1.165, 1.54) is 57.8 Å². The Morgan fingerprint density at radius 2 is 0.756 bits per heavy atom. The predicted octanol–water partition coefficient (Wildman–Crippen LogP) is 14.3.